The summed E-state index contributed by atoms with van der Waals surface area (Å²) in [5.74, 6) is 1.53. The minimum absolute atomic E-state index is 0. The van der Waals surface area contributed by atoms with E-state index in [1.54, 1.807) is 11.3 Å². The first kappa shape index (κ1) is 20.2. The van der Waals surface area contributed by atoms with E-state index in [0.717, 1.165) is 30.1 Å². The van der Waals surface area contributed by atoms with Crippen molar-refractivity contribution >= 4 is 57.2 Å². The van der Waals surface area contributed by atoms with E-state index in [2.05, 4.69) is 68.7 Å². The number of hydrogen-bond acceptors (Lipinski definition) is 3. The molecule has 0 amide bonds. The molecule has 0 aromatic carbocycles. The van der Waals surface area contributed by atoms with Crippen molar-refractivity contribution < 1.29 is 0 Å². The maximum absolute atomic E-state index is 4.35. The highest BCUT2D eigenvalue weighted by atomic mass is 127. The Morgan fingerprint density at radius 2 is 2.23 bits per heavy atom. The van der Waals surface area contributed by atoms with Crippen LogP contribution < -0.4 is 10.6 Å². The lowest BCUT2D eigenvalue weighted by molar-refractivity contribution is 0.265. The Morgan fingerprint density at radius 1 is 1.50 bits per heavy atom. The van der Waals surface area contributed by atoms with Crippen LogP contribution in [-0.2, 0) is 6.54 Å². The van der Waals surface area contributed by atoms with Gasteiger partial charge in [0.15, 0.2) is 5.96 Å². The van der Waals surface area contributed by atoms with Gasteiger partial charge in [0.2, 0.25) is 0 Å². The van der Waals surface area contributed by atoms with Gasteiger partial charge in [-0.2, -0.15) is 0 Å². The van der Waals surface area contributed by atoms with Gasteiger partial charge in [0.1, 0.15) is 0 Å². The van der Waals surface area contributed by atoms with Crippen LogP contribution in [0.5, 0.6) is 0 Å². The first-order valence-corrected chi connectivity index (χ1v) is 9.11. The summed E-state index contributed by atoms with van der Waals surface area (Å²) in [4.78, 5) is 8.17. The standard InChI is InChI=1S/C15H25BrN4S.HI/c1-10(2)20-7-11(3)14(8-20)19-15(17-4)18-6-13-5-12(16)9-21-13;/h5,9-11,14H,6-8H2,1-4H3,(H2,17,18,19);1H. The Balaban J connectivity index is 0.00000242. The summed E-state index contributed by atoms with van der Waals surface area (Å²) in [6.07, 6.45) is 0. The Bertz CT molecular complexity index is 492. The van der Waals surface area contributed by atoms with Crippen molar-refractivity contribution in [2.24, 2.45) is 10.9 Å². The second-order valence-electron chi connectivity index (χ2n) is 5.93. The van der Waals surface area contributed by atoms with Gasteiger partial charge >= 0.3 is 0 Å². The SMILES string of the molecule is CN=C(NCc1cc(Br)cs1)NC1CN(C(C)C)CC1C.I. The molecule has 2 atom stereocenters. The van der Waals surface area contributed by atoms with Crippen molar-refractivity contribution in [3.05, 3.63) is 20.8 Å². The fourth-order valence-electron chi connectivity index (χ4n) is 2.60. The lowest BCUT2D eigenvalue weighted by Gasteiger charge is -2.21. The molecule has 4 nitrogen and oxygen atoms in total. The van der Waals surface area contributed by atoms with Crippen LogP contribution in [0.1, 0.15) is 25.6 Å². The summed E-state index contributed by atoms with van der Waals surface area (Å²) < 4.78 is 1.14. The number of aliphatic imine (C=N–C) groups is 1. The van der Waals surface area contributed by atoms with E-state index in [0.29, 0.717) is 18.0 Å². The van der Waals surface area contributed by atoms with Gasteiger partial charge in [-0.3, -0.25) is 9.89 Å². The van der Waals surface area contributed by atoms with Gasteiger partial charge in [0.25, 0.3) is 0 Å². The summed E-state index contributed by atoms with van der Waals surface area (Å²) in [7, 11) is 1.83. The minimum atomic E-state index is 0. The fourth-order valence-corrected chi connectivity index (χ4v) is 3.99. The maximum Gasteiger partial charge on any atom is 0.191 e. The molecule has 0 saturated carbocycles. The van der Waals surface area contributed by atoms with Crippen molar-refractivity contribution in [2.45, 2.75) is 39.4 Å². The largest absolute Gasteiger partial charge is 0.352 e. The Kier molecular flexibility index (Phi) is 8.66. The van der Waals surface area contributed by atoms with Crippen molar-refractivity contribution in [2.75, 3.05) is 20.1 Å². The third-order valence-corrected chi connectivity index (χ3v) is 5.67. The van der Waals surface area contributed by atoms with E-state index in [9.17, 15) is 0 Å². The molecule has 2 N–H and O–H groups in total. The van der Waals surface area contributed by atoms with Crippen molar-refractivity contribution in [3.63, 3.8) is 0 Å². The molecule has 1 saturated heterocycles. The van der Waals surface area contributed by atoms with Gasteiger partial charge in [0, 0.05) is 47.0 Å². The summed E-state index contributed by atoms with van der Waals surface area (Å²) in [6, 6.07) is 3.22. The Morgan fingerprint density at radius 3 is 2.73 bits per heavy atom. The van der Waals surface area contributed by atoms with Crippen LogP contribution in [0.2, 0.25) is 0 Å². The molecule has 0 aliphatic carbocycles. The number of guanidine groups is 1. The van der Waals surface area contributed by atoms with Gasteiger partial charge in [-0.15, -0.1) is 35.3 Å². The van der Waals surface area contributed by atoms with Crippen LogP contribution in [0.25, 0.3) is 0 Å². The quantitative estimate of drug-likeness (QED) is 0.377. The summed E-state index contributed by atoms with van der Waals surface area (Å²) >= 11 is 5.24. The van der Waals surface area contributed by atoms with Crippen LogP contribution >= 0.6 is 51.2 Å². The normalized spacial score (nSPS) is 22.7. The molecule has 0 bridgehead atoms. The zero-order valence-electron chi connectivity index (χ0n) is 13.6. The van der Waals surface area contributed by atoms with Gasteiger partial charge < -0.3 is 10.6 Å². The molecule has 1 aromatic rings. The zero-order chi connectivity index (χ0) is 15.4. The molecule has 0 radical (unpaired) electrons. The smallest absolute Gasteiger partial charge is 0.191 e. The summed E-state index contributed by atoms with van der Waals surface area (Å²) in [6.45, 7) is 9.89. The average Bonchev–Trinajstić information content (AvgIpc) is 3.01. The number of nitrogens with one attached hydrogen (secondary N) is 2. The Hall–Kier alpha value is 0.140. The number of nitrogens with zero attached hydrogens (tertiary/aromatic N) is 2. The van der Waals surface area contributed by atoms with E-state index in [1.807, 2.05) is 7.05 Å². The molecule has 0 spiro atoms. The molecule has 2 heterocycles. The van der Waals surface area contributed by atoms with Gasteiger partial charge in [0.05, 0.1) is 6.54 Å². The highest BCUT2D eigenvalue weighted by molar-refractivity contribution is 14.0. The number of hydrogen-bond donors (Lipinski definition) is 2. The molecule has 7 heteroatoms. The number of halogens is 2. The van der Waals surface area contributed by atoms with E-state index in [1.165, 1.54) is 4.88 Å². The first-order chi connectivity index (χ1) is 9.99. The lowest BCUT2D eigenvalue weighted by atomic mass is 10.1. The van der Waals surface area contributed by atoms with E-state index < -0.39 is 0 Å². The third-order valence-electron chi connectivity index (χ3n) is 3.97. The molecule has 22 heavy (non-hydrogen) atoms. The molecular formula is C15H26BrIN4S. The van der Waals surface area contributed by atoms with E-state index in [4.69, 9.17) is 0 Å². The fraction of sp³-hybridized carbons (Fsp3) is 0.667. The van der Waals surface area contributed by atoms with Crippen molar-refractivity contribution in [1.82, 2.24) is 15.5 Å². The molecule has 1 aromatic heterocycles. The average molecular weight is 501 g/mol. The van der Waals surface area contributed by atoms with Crippen LogP contribution in [0.15, 0.2) is 20.9 Å². The van der Waals surface area contributed by atoms with Crippen LogP contribution in [0.4, 0.5) is 0 Å². The number of likely N-dealkylation sites (tertiary alicyclic amines) is 1. The van der Waals surface area contributed by atoms with E-state index in [-0.39, 0.29) is 24.0 Å². The second-order valence-corrected chi connectivity index (χ2v) is 7.84. The predicted molar refractivity (Wildman–Crippen MR) is 110 cm³/mol. The molecule has 126 valence electrons. The highest BCUT2D eigenvalue weighted by Gasteiger charge is 2.31. The monoisotopic (exact) mass is 500 g/mol. The lowest BCUT2D eigenvalue weighted by Crippen LogP contribution is -2.46. The maximum atomic E-state index is 4.35. The number of thiophene rings is 1. The topological polar surface area (TPSA) is 39.7 Å². The molecule has 1 aliphatic heterocycles. The second kappa shape index (κ2) is 9.44. The minimum Gasteiger partial charge on any atom is -0.352 e. The molecule has 2 rings (SSSR count). The van der Waals surface area contributed by atoms with Crippen molar-refractivity contribution in [3.8, 4) is 0 Å². The summed E-state index contributed by atoms with van der Waals surface area (Å²) in [5.41, 5.74) is 0. The van der Waals surface area contributed by atoms with Gasteiger partial charge in [-0.1, -0.05) is 6.92 Å². The van der Waals surface area contributed by atoms with E-state index >= 15 is 0 Å². The molecular weight excluding hydrogens is 475 g/mol. The van der Waals surface area contributed by atoms with Gasteiger partial charge in [-0.25, -0.2) is 0 Å². The molecule has 2 unspecified atom stereocenters. The Labute approximate surface area is 163 Å². The summed E-state index contributed by atoms with van der Waals surface area (Å²) in [5, 5.41) is 9.07. The zero-order valence-corrected chi connectivity index (χ0v) is 18.3. The van der Waals surface area contributed by atoms with Gasteiger partial charge in [-0.05, 0) is 41.8 Å². The van der Waals surface area contributed by atoms with Crippen LogP contribution in [0.3, 0.4) is 0 Å². The molecule has 1 aliphatic rings. The first-order valence-electron chi connectivity index (χ1n) is 7.43. The van der Waals surface area contributed by atoms with Crippen LogP contribution in [0, 0.1) is 5.92 Å². The van der Waals surface area contributed by atoms with Crippen molar-refractivity contribution in [1.29, 1.82) is 0 Å². The highest BCUT2D eigenvalue weighted by Crippen LogP contribution is 2.20. The molecule has 1 fully saturated rings. The predicted octanol–water partition coefficient (Wildman–Crippen LogP) is 3.52. The third kappa shape index (κ3) is 5.65. The van der Waals surface area contributed by atoms with Crippen LogP contribution in [-0.4, -0.2) is 43.1 Å². The number of rotatable bonds is 4.